The summed E-state index contributed by atoms with van der Waals surface area (Å²) in [5.41, 5.74) is 0. The van der Waals surface area contributed by atoms with Gasteiger partial charge in [-0.25, -0.2) is 0 Å². The maximum atomic E-state index is 9.45. The Morgan fingerprint density at radius 1 is 1.33 bits per heavy atom. The molecule has 0 aliphatic rings. The SMILES string of the molecule is C#C[C@H](O)[C@@H](O)[C@@H](Cl)CCCCCC=C. The number of allylic oxidation sites excluding steroid dienone is 1. The highest BCUT2D eigenvalue weighted by Crippen LogP contribution is 2.15. The number of alkyl halides is 1. The molecule has 0 saturated carbocycles. The summed E-state index contributed by atoms with van der Waals surface area (Å²) in [7, 11) is 0. The number of terminal acetylenes is 1. The lowest BCUT2D eigenvalue weighted by atomic mass is 10.0. The molecule has 0 heterocycles. The second kappa shape index (κ2) is 8.79. The largest absolute Gasteiger partial charge is 0.388 e. The predicted molar refractivity (Wildman–Crippen MR) is 63.8 cm³/mol. The minimum Gasteiger partial charge on any atom is -0.388 e. The van der Waals surface area contributed by atoms with E-state index in [-0.39, 0.29) is 0 Å². The van der Waals surface area contributed by atoms with Crippen molar-refractivity contribution in [3.05, 3.63) is 12.7 Å². The zero-order valence-corrected chi connectivity index (χ0v) is 9.66. The fourth-order valence-electron chi connectivity index (χ4n) is 1.27. The molecule has 3 atom stereocenters. The molecule has 86 valence electrons. The zero-order valence-electron chi connectivity index (χ0n) is 8.90. The van der Waals surface area contributed by atoms with Crippen LogP contribution in [0.15, 0.2) is 12.7 Å². The normalized spacial score (nSPS) is 16.4. The summed E-state index contributed by atoms with van der Waals surface area (Å²) in [6.45, 7) is 3.63. The lowest BCUT2D eigenvalue weighted by Crippen LogP contribution is -2.33. The molecule has 0 aliphatic carbocycles. The van der Waals surface area contributed by atoms with Crippen LogP contribution in [0.2, 0.25) is 0 Å². The Labute approximate surface area is 97.0 Å². The van der Waals surface area contributed by atoms with Crippen molar-refractivity contribution in [2.24, 2.45) is 0 Å². The molecule has 2 N–H and O–H groups in total. The zero-order chi connectivity index (χ0) is 11.7. The van der Waals surface area contributed by atoms with Gasteiger partial charge in [0.15, 0.2) is 0 Å². The molecule has 0 aromatic rings. The number of unbranched alkanes of at least 4 members (excludes halogenated alkanes) is 3. The number of aliphatic hydroxyl groups excluding tert-OH is 2. The molecule has 3 heteroatoms. The Morgan fingerprint density at radius 3 is 2.53 bits per heavy atom. The van der Waals surface area contributed by atoms with E-state index in [0.29, 0.717) is 6.42 Å². The van der Waals surface area contributed by atoms with Gasteiger partial charge >= 0.3 is 0 Å². The number of rotatable bonds is 8. The van der Waals surface area contributed by atoms with Crippen molar-refractivity contribution in [2.75, 3.05) is 0 Å². The average Bonchev–Trinajstić information content (AvgIpc) is 2.26. The van der Waals surface area contributed by atoms with Crippen LogP contribution in [0.4, 0.5) is 0 Å². The molecular weight excluding hydrogens is 212 g/mol. The third-order valence-electron chi connectivity index (χ3n) is 2.25. The first-order valence-electron chi connectivity index (χ1n) is 5.20. The van der Waals surface area contributed by atoms with Crippen LogP contribution in [0.1, 0.15) is 32.1 Å². The second-order valence-electron chi connectivity index (χ2n) is 3.54. The van der Waals surface area contributed by atoms with Gasteiger partial charge in [0.25, 0.3) is 0 Å². The van der Waals surface area contributed by atoms with Crippen LogP contribution in [0.3, 0.4) is 0 Å². The van der Waals surface area contributed by atoms with Crippen molar-refractivity contribution < 1.29 is 10.2 Å². The molecular formula is C12H19ClO2. The Bertz CT molecular complexity index is 210. The highest BCUT2D eigenvalue weighted by molar-refractivity contribution is 6.21. The van der Waals surface area contributed by atoms with Crippen molar-refractivity contribution in [3.63, 3.8) is 0 Å². The second-order valence-corrected chi connectivity index (χ2v) is 4.11. The molecule has 0 rings (SSSR count). The van der Waals surface area contributed by atoms with Gasteiger partial charge in [0, 0.05) is 0 Å². The van der Waals surface area contributed by atoms with Gasteiger partial charge in [-0.2, -0.15) is 0 Å². The summed E-state index contributed by atoms with van der Waals surface area (Å²) < 4.78 is 0. The van der Waals surface area contributed by atoms with E-state index in [4.69, 9.17) is 23.1 Å². The minimum absolute atomic E-state index is 0.472. The Balaban J connectivity index is 3.60. The molecule has 0 aromatic heterocycles. The molecule has 0 spiro atoms. The molecule has 0 bridgehead atoms. The number of hydrogen-bond acceptors (Lipinski definition) is 2. The van der Waals surface area contributed by atoms with Crippen molar-refractivity contribution in [1.29, 1.82) is 0 Å². The smallest absolute Gasteiger partial charge is 0.141 e. The van der Waals surface area contributed by atoms with Crippen LogP contribution >= 0.6 is 11.6 Å². The summed E-state index contributed by atoms with van der Waals surface area (Å²) in [5, 5.41) is 18.1. The summed E-state index contributed by atoms with van der Waals surface area (Å²) in [5.74, 6) is 2.06. The summed E-state index contributed by atoms with van der Waals surface area (Å²) >= 11 is 5.89. The lowest BCUT2D eigenvalue weighted by molar-refractivity contribution is 0.0498. The van der Waals surface area contributed by atoms with Crippen LogP contribution in [-0.4, -0.2) is 27.8 Å². The first-order chi connectivity index (χ1) is 7.13. The quantitative estimate of drug-likeness (QED) is 0.290. The van der Waals surface area contributed by atoms with Crippen molar-refractivity contribution >= 4 is 11.6 Å². The number of hydrogen-bond donors (Lipinski definition) is 2. The molecule has 0 radical (unpaired) electrons. The molecule has 2 nitrogen and oxygen atoms in total. The van der Waals surface area contributed by atoms with Gasteiger partial charge in [-0.05, 0) is 19.3 Å². The van der Waals surface area contributed by atoms with Gasteiger partial charge in [-0.15, -0.1) is 24.6 Å². The summed E-state index contributed by atoms with van der Waals surface area (Å²) in [6, 6.07) is 0. The molecule has 0 amide bonds. The molecule has 0 unspecified atom stereocenters. The molecule has 0 aromatic carbocycles. The van der Waals surface area contributed by atoms with Gasteiger partial charge < -0.3 is 10.2 Å². The van der Waals surface area contributed by atoms with Crippen molar-refractivity contribution in [1.82, 2.24) is 0 Å². The highest BCUT2D eigenvalue weighted by atomic mass is 35.5. The first kappa shape index (κ1) is 14.5. The third-order valence-corrected chi connectivity index (χ3v) is 2.73. The maximum Gasteiger partial charge on any atom is 0.141 e. The third kappa shape index (κ3) is 6.57. The average molecular weight is 231 g/mol. The van der Waals surface area contributed by atoms with E-state index < -0.39 is 17.6 Å². The fourth-order valence-corrected chi connectivity index (χ4v) is 1.56. The van der Waals surface area contributed by atoms with Gasteiger partial charge in [0.05, 0.1) is 5.38 Å². The topological polar surface area (TPSA) is 40.5 Å². The van der Waals surface area contributed by atoms with Crippen molar-refractivity contribution in [2.45, 2.75) is 49.7 Å². The van der Waals surface area contributed by atoms with E-state index in [1.165, 1.54) is 0 Å². The molecule has 0 aliphatic heterocycles. The van der Waals surface area contributed by atoms with E-state index in [2.05, 4.69) is 12.5 Å². The molecule has 0 saturated heterocycles. The van der Waals surface area contributed by atoms with E-state index in [1.54, 1.807) is 0 Å². The maximum absolute atomic E-state index is 9.45. The van der Waals surface area contributed by atoms with Crippen LogP contribution in [0.25, 0.3) is 0 Å². The number of aliphatic hydroxyl groups is 2. The molecule has 15 heavy (non-hydrogen) atoms. The van der Waals surface area contributed by atoms with E-state index in [0.717, 1.165) is 25.7 Å². The minimum atomic E-state index is -1.17. The Morgan fingerprint density at radius 2 is 2.00 bits per heavy atom. The van der Waals surface area contributed by atoms with Crippen molar-refractivity contribution in [3.8, 4) is 12.3 Å². The highest BCUT2D eigenvalue weighted by Gasteiger charge is 2.22. The van der Waals surface area contributed by atoms with Gasteiger partial charge in [-0.1, -0.05) is 24.8 Å². The lowest BCUT2D eigenvalue weighted by Gasteiger charge is -2.18. The van der Waals surface area contributed by atoms with Crippen LogP contribution in [0, 0.1) is 12.3 Å². The monoisotopic (exact) mass is 230 g/mol. The summed E-state index contributed by atoms with van der Waals surface area (Å²) in [6.07, 6.45) is 9.39. The standard InChI is InChI=1S/C12H19ClO2/c1-3-5-6-7-8-9-10(13)12(15)11(14)4-2/h2-3,10-12,14-15H,1,5-9H2/t10-,11-,12-/m0/s1. The molecule has 0 fully saturated rings. The first-order valence-corrected chi connectivity index (χ1v) is 5.64. The predicted octanol–water partition coefficient (Wildman–Crippen LogP) is 2.09. The van der Waals surface area contributed by atoms with E-state index >= 15 is 0 Å². The van der Waals surface area contributed by atoms with Crippen LogP contribution in [0.5, 0.6) is 0 Å². The Kier molecular flexibility index (Phi) is 8.50. The Hall–Kier alpha value is -0.490. The van der Waals surface area contributed by atoms with E-state index in [1.807, 2.05) is 6.08 Å². The number of halogens is 1. The summed E-state index contributed by atoms with van der Waals surface area (Å²) in [4.78, 5) is 0. The van der Waals surface area contributed by atoms with E-state index in [9.17, 15) is 5.11 Å². The van der Waals surface area contributed by atoms with Crippen LogP contribution < -0.4 is 0 Å². The fraction of sp³-hybridized carbons (Fsp3) is 0.667. The van der Waals surface area contributed by atoms with Gasteiger partial charge in [0.1, 0.15) is 12.2 Å². The van der Waals surface area contributed by atoms with Gasteiger partial charge in [-0.3, -0.25) is 0 Å². The van der Waals surface area contributed by atoms with Gasteiger partial charge in [0.2, 0.25) is 0 Å². The van der Waals surface area contributed by atoms with Crippen LogP contribution in [-0.2, 0) is 0 Å².